The number of fused-ring (bicyclic) bond motifs is 1. The number of rotatable bonds is 2. The van der Waals surface area contributed by atoms with Crippen LogP contribution in [0.5, 0.6) is 0 Å². The number of hydrogen-bond donors (Lipinski definition) is 1. The van der Waals surface area contributed by atoms with E-state index in [1.165, 1.54) is 37.3 Å². The van der Waals surface area contributed by atoms with Crippen molar-refractivity contribution in [1.29, 1.82) is 0 Å². The van der Waals surface area contributed by atoms with Crippen LogP contribution in [0.2, 0.25) is 0 Å². The second kappa shape index (κ2) is 4.10. The fourth-order valence-electron chi connectivity index (χ4n) is 3.02. The van der Waals surface area contributed by atoms with Crippen molar-refractivity contribution >= 4 is 5.69 Å². The maximum Gasteiger partial charge on any atom is 0.0376 e. The second-order valence-corrected chi connectivity index (χ2v) is 5.32. The number of hydrogen-bond acceptors (Lipinski definition) is 2. The summed E-state index contributed by atoms with van der Waals surface area (Å²) in [6.07, 6.45) is 1.38. The summed E-state index contributed by atoms with van der Waals surface area (Å²) in [5, 5.41) is 3.51. The van der Waals surface area contributed by atoms with Gasteiger partial charge >= 0.3 is 0 Å². The van der Waals surface area contributed by atoms with Crippen molar-refractivity contribution in [2.24, 2.45) is 5.92 Å². The number of benzene rings is 1. The van der Waals surface area contributed by atoms with Gasteiger partial charge in [0.25, 0.3) is 0 Å². The third-order valence-electron chi connectivity index (χ3n) is 3.93. The van der Waals surface area contributed by atoms with E-state index in [9.17, 15) is 0 Å². The van der Waals surface area contributed by atoms with Crippen LogP contribution in [0.1, 0.15) is 24.8 Å². The van der Waals surface area contributed by atoms with Gasteiger partial charge in [-0.2, -0.15) is 0 Å². The van der Waals surface area contributed by atoms with Gasteiger partial charge in [-0.1, -0.05) is 25.1 Å². The molecule has 1 saturated heterocycles. The van der Waals surface area contributed by atoms with E-state index >= 15 is 0 Å². The lowest BCUT2D eigenvalue weighted by molar-refractivity contribution is 0.311. The Kier molecular flexibility index (Phi) is 2.60. The molecule has 0 bridgehead atoms. The molecule has 0 spiro atoms. The average molecular weight is 216 g/mol. The Hall–Kier alpha value is -1.02. The van der Waals surface area contributed by atoms with Gasteiger partial charge in [0.2, 0.25) is 0 Å². The molecule has 2 atom stereocenters. The van der Waals surface area contributed by atoms with Crippen molar-refractivity contribution in [2.45, 2.75) is 19.3 Å². The molecule has 1 N–H and O–H groups in total. The normalized spacial score (nSPS) is 29.1. The summed E-state index contributed by atoms with van der Waals surface area (Å²) < 4.78 is 0. The van der Waals surface area contributed by atoms with Gasteiger partial charge in [0.05, 0.1) is 0 Å². The van der Waals surface area contributed by atoms with Gasteiger partial charge in [0.1, 0.15) is 0 Å². The maximum absolute atomic E-state index is 3.51. The number of nitrogens with zero attached hydrogens (tertiary/aromatic N) is 1. The maximum atomic E-state index is 3.51. The van der Waals surface area contributed by atoms with Crippen molar-refractivity contribution in [3.05, 3.63) is 29.8 Å². The summed E-state index contributed by atoms with van der Waals surface area (Å²) in [6, 6.07) is 8.75. The zero-order valence-electron chi connectivity index (χ0n) is 9.95. The summed E-state index contributed by atoms with van der Waals surface area (Å²) in [5.41, 5.74) is 2.86. The van der Waals surface area contributed by atoms with Crippen LogP contribution in [-0.4, -0.2) is 31.1 Å². The lowest BCUT2D eigenvalue weighted by atomic mass is 10.0. The molecule has 2 nitrogen and oxygen atoms in total. The third kappa shape index (κ3) is 1.82. The number of anilines is 1. The van der Waals surface area contributed by atoms with Crippen LogP contribution in [0.25, 0.3) is 0 Å². The number of para-hydroxylation sites is 1. The highest BCUT2D eigenvalue weighted by Crippen LogP contribution is 2.32. The fourth-order valence-corrected chi connectivity index (χ4v) is 3.02. The highest BCUT2D eigenvalue weighted by molar-refractivity contribution is 5.57. The Morgan fingerprint density at radius 3 is 3.06 bits per heavy atom. The van der Waals surface area contributed by atoms with E-state index in [-0.39, 0.29) is 0 Å². The molecule has 2 heterocycles. The van der Waals surface area contributed by atoms with Crippen LogP contribution in [0.3, 0.4) is 0 Å². The largest absolute Gasteiger partial charge is 0.384 e. The molecule has 0 aliphatic carbocycles. The van der Waals surface area contributed by atoms with Crippen LogP contribution in [-0.2, 0) is 0 Å². The van der Waals surface area contributed by atoms with E-state index in [0.717, 1.165) is 12.5 Å². The lowest BCUT2D eigenvalue weighted by Crippen LogP contribution is -2.27. The molecule has 1 fully saturated rings. The molecular formula is C14H20N2. The first-order valence-corrected chi connectivity index (χ1v) is 6.38. The predicted molar refractivity (Wildman–Crippen MR) is 67.9 cm³/mol. The topological polar surface area (TPSA) is 15.3 Å². The van der Waals surface area contributed by atoms with E-state index in [2.05, 4.69) is 41.4 Å². The Labute approximate surface area is 97.6 Å². The molecule has 0 radical (unpaired) electrons. The summed E-state index contributed by atoms with van der Waals surface area (Å²) in [7, 11) is 0. The molecule has 2 aliphatic heterocycles. The molecule has 1 aromatic rings. The molecule has 0 amide bonds. The molecule has 3 rings (SSSR count). The minimum Gasteiger partial charge on any atom is -0.384 e. The molecule has 16 heavy (non-hydrogen) atoms. The van der Waals surface area contributed by atoms with E-state index in [4.69, 9.17) is 0 Å². The van der Waals surface area contributed by atoms with E-state index in [1.807, 2.05) is 0 Å². The zero-order chi connectivity index (χ0) is 11.0. The quantitative estimate of drug-likeness (QED) is 0.817. The first-order valence-electron chi connectivity index (χ1n) is 6.38. The Morgan fingerprint density at radius 2 is 2.25 bits per heavy atom. The highest BCUT2D eigenvalue weighted by Gasteiger charge is 2.26. The van der Waals surface area contributed by atoms with Crippen LogP contribution in [0, 0.1) is 5.92 Å². The van der Waals surface area contributed by atoms with Gasteiger partial charge in [-0.05, 0) is 30.5 Å². The predicted octanol–water partition coefficient (Wildman–Crippen LogP) is 2.54. The Morgan fingerprint density at radius 1 is 1.38 bits per heavy atom. The number of likely N-dealkylation sites (tertiary alicyclic amines) is 1. The van der Waals surface area contributed by atoms with Crippen molar-refractivity contribution in [1.82, 2.24) is 4.90 Å². The first-order chi connectivity index (χ1) is 7.83. The summed E-state index contributed by atoms with van der Waals surface area (Å²) >= 11 is 0. The minimum absolute atomic E-state index is 0.696. The fraction of sp³-hybridized carbons (Fsp3) is 0.571. The van der Waals surface area contributed by atoms with Crippen LogP contribution >= 0.6 is 0 Å². The average Bonchev–Trinajstić information content (AvgIpc) is 2.87. The van der Waals surface area contributed by atoms with Gasteiger partial charge in [0.15, 0.2) is 0 Å². The molecule has 2 unspecified atom stereocenters. The van der Waals surface area contributed by atoms with Crippen molar-refractivity contribution < 1.29 is 0 Å². The summed E-state index contributed by atoms with van der Waals surface area (Å²) in [4.78, 5) is 2.62. The van der Waals surface area contributed by atoms with Crippen LogP contribution in [0.4, 0.5) is 5.69 Å². The molecule has 2 heteroatoms. The van der Waals surface area contributed by atoms with Crippen molar-refractivity contribution in [3.8, 4) is 0 Å². The smallest absolute Gasteiger partial charge is 0.0376 e. The van der Waals surface area contributed by atoms with Crippen LogP contribution in [0.15, 0.2) is 24.3 Å². The van der Waals surface area contributed by atoms with Gasteiger partial charge in [-0.25, -0.2) is 0 Å². The highest BCUT2D eigenvalue weighted by atomic mass is 15.2. The molecule has 0 aromatic heterocycles. The van der Waals surface area contributed by atoms with Gasteiger partial charge in [-0.3, -0.25) is 0 Å². The lowest BCUT2D eigenvalue weighted by Gasteiger charge is -2.20. The Balaban J connectivity index is 1.69. The van der Waals surface area contributed by atoms with Gasteiger partial charge < -0.3 is 10.2 Å². The van der Waals surface area contributed by atoms with Gasteiger partial charge in [-0.15, -0.1) is 0 Å². The monoisotopic (exact) mass is 216 g/mol. The molecule has 0 saturated carbocycles. The molecule has 2 aliphatic rings. The van der Waals surface area contributed by atoms with E-state index in [0.29, 0.717) is 5.92 Å². The van der Waals surface area contributed by atoms with Gasteiger partial charge in [0, 0.05) is 31.2 Å². The minimum atomic E-state index is 0.696. The molecular weight excluding hydrogens is 196 g/mol. The standard InChI is InChI=1S/C14H20N2/c1-11-6-7-16(9-11)10-12-8-15-14-5-3-2-4-13(12)14/h2-5,11-12,15H,6-10H2,1H3. The Bertz CT molecular complexity index is 375. The third-order valence-corrected chi connectivity index (χ3v) is 3.93. The summed E-state index contributed by atoms with van der Waals surface area (Å²) in [5.74, 6) is 1.59. The summed E-state index contributed by atoms with van der Waals surface area (Å²) in [6.45, 7) is 7.29. The van der Waals surface area contributed by atoms with Crippen molar-refractivity contribution in [3.63, 3.8) is 0 Å². The molecule has 1 aromatic carbocycles. The SMILES string of the molecule is CC1CCN(CC2CNc3ccccc32)C1. The van der Waals surface area contributed by atoms with E-state index < -0.39 is 0 Å². The second-order valence-electron chi connectivity index (χ2n) is 5.32. The zero-order valence-corrected chi connectivity index (χ0v) is 9.95. The van der Waals surface area contributed by atoms with Crippen molar-refractivity contribution in [2.75, 3.05) is 31.5 Å². The van der Waals surface area contributed by atoms with Crippen LogP contribution < -0.4 is 5.32 Å². The molecule has 86 valence electrons. The van der Waals surface area contributed by atoms with E-state index in [1.54, 1.807) is 0 Å². The first kappa shape index (κ1) is 10.2. The number of nitrogens with one attached hydrogen (secondary N) is 1.